The van der Waals surface area contributed by atoms with E-state index in [1.807, 2.05) is 0 Å². The molecule has 0 aromatic heterocycles. The first-order valence-corrected chi connectivity index (χ1v) is 8.55. The molecule has 3 rings (SSSR count). The van der Waals surface area contributed by atoms with Crippen LogP contribution in [0, 0.1) is 31.6 Å². The molecule has 0 spiro atoms. The molecule has 1 aromatic rings. The Kier molecular flexibility index (Phi) is 4.37. The number of fused-ring (bicyclic) bond motifs is 2. The lowest BCUT2D eigenvalue weighted by atomic mass is 9.88. The van der Waals surface area contributed by atoms with E-state index in [-0.39, 0.29) is 0 Å². The molecule has 2 nitrogen and oxygen atoms in total. The third kappa shape index (κ3) is 3.17. The van der Waals surface area contributed by atoms with Gasteiger partial charge in [0.2, 0.25) is 0 Å². The van der Waals surface area contributed by atoms with Crippen molar-refractivity contribution in [2.75, 3.05) is 20.1 Å². The molecule has 0 aliphatic heterocycles. The summed E-state index contributed by atoms with van der Waals surface area (Å²) in [5.74, 6) is 2.94. The second kappa shape index (κ2) is 6.10. The minimum Gasteiger partial charge on any atom is -0.329 e. The van der Waals surface area contributed by atoms with Crippen LogP contribution in [0.1, 0.15) is 48.4 Å². The average Bonchev–Trinajstić information content (AvgIpc) is 3.00. The minimum atomic E-state index is 0.364. The highest BCUT2D eigenvalue weighted by Crippen LogP contribution is 2.48. The Hall–Kier alpha value is -0.860. The van der Waals surface area contributed by atoms with E-state index in [0.717, 1.165) is 17.8 Å². The maximum Gasteiger partial charge on any atom is 0.0467 e. The Balaban J connectivity index is 1.70. The van der Waals surface area contributed by atoms with Gasteiger partial charge < -0.3 is 5.73 Å². The van der Waals surface area contributed by atoms with E-state index in [0.29, 0.717) is 12.6 Å². The maximum absolute atomic E-state index is 6.11. The van der Waals surface area contributed by atoms with Crippen molar-refractivity contribution in [3.63, 3.8) is 0 Å². The quantitative estimate of drug-likeness (QED) is 0.895. The van der Waals surface area contributed by atoms with E-state index in [9.17, 15) is 0 Å². The summed E-state index contributed by atoms with van der Waals surface area (Å²) >= 11 is 0. The zero-order chi connectivity index (χ0) is 15.0. The minimum absolute atomic E-state index is 0.364. The van der Waals surface area contributed by atoms with Crippen molar-refractivity contribution >= 4 is 0 Å². The van der Waals surface area contributed by atoms with Gasteiger partial charge in [0.15, 0.2) is 0 Å². The molecule has 2 aliphatic carbocycles. The molecule has 4 atom stereocenters. The second-order valence-corrected chi connectivity index (χ2v) is 7.55. The molecule has 0 amide bonds. The van der Waals surface area contributed by atoms with E-state index in [1.54, 1.807) is 0 Å². The van der Waals surface area contributed by atoms with E-state index >= 15 is 0 Å². The molecular formula is C19H30N2. The number of nitrogens with two attached hydrogens (primary N) is 1. The van der Waals surface area contributed by atoms with Crippen LogP contribution in [-0.4, -0.2) is 25.0 Å². The number of nitrogens with zero attached hydrogens (tertiary/aromatic N) is 1. The summed E-state index contributed by atoms with van der Waals surface area (Å²) in [6, 6.07) is 7.22. The molecule has 2 bridgehead atoms. The fourth-order valence-electron chi connectivity index (χ4n) is 4.87. The van der Waals surface area contributed by atoms with Gasteiger partial charge in [0.05, 0.1) is 0 Å². The van der Waals surface area contributed by atoms with Crippen LogP contribution in [0.2, 0.25) is 0 Å². The van der Waals surface area contributed by atoms with Gasteiger partial charge in [-0.05, 0) is 63.5 Å². The lowest BCUT2D eigenvalue weighted by Gasteiger charge is -2.33. The summed E-state index contributed by atoms with van der Waals surface area (Å²) in [5, 5.41) is 0. The Morgan fingerprint density at radius 3 is 2.38 bits per heavy atom. The fraction of sp³-hybridized carbons (Fsp3) is 0.684. The molecule has 4 unspecified atom stereocenters. The molecule has 2 saturated carbocycles. The lowest BCUT2D eigenvalue weighted by molar-refractivity contribution is 0.176. The van der Waals surface area contributed by atoms with Gasteiger partial charge >= 0.3 is 0 Å². The standard InChI is InChI=1S/C19H30N2/c1-13-6-14(2)8-17(7-13)19(11-20)21(3)12-18-10-15-4-5-16(18)9-15/h6-8,15-16,18-19H,4-5,9-12,20H2,1-3H3. The number of likely N-dealkylation sites (N-methyl/N-ethyl adjacent to an activating group) is 1. The SMILES string of the molecule is Cc1cc(C)cc(C(CN)N(C)CC2CC3CCC2C3)c1. The van der Waals surface area contributed by atoms with Crippen molar-refractivity contribution in [2.45, 2.75) is 45.6 Å². The van der Waals surface area contributed by atoms with Crippen molar-refractivity contribution in [2.24, 2.45) is 23.5 Å². The van der Waals surface area contributed by atoms with Crippen LogP contribution in [0.4, 0.5) is 0 Å². The number of rotatable bonds is 5. The van der Waals surface area contributed by atoms with Crippen LogP contribution < -0.4 is 5.73 Å². The molecular weight excluding hydrogens is 256 g/mol. The molecule has 0 radical (unpaired) electrons. The van der Waals surface area contributed by atoms with Gasteiger partial charge in [-0.2, -0.15) is 0 Å². The maximum atomic E-state index is 6.11. The van der Waals surface area contributed by atoms with Crippen molar-refractivity contribution in [1.82, 2.24) is 4.90 Å². The number of benzene rings is 1. The normalized spacial score (nSPS) is 29.3. The largest absolute Gasteiger partial charge is 0.329 e. The van der Waals surface area contributed by atoms with E-state index in [2.05, 4.69) is 44.0 Å². The highest BCUT2D eigenvalue weighted by Gasteiger charge is 2.40. The third-order valence-electron chi connectivity index (χ3n) is 5.79. The predicted octanol–water partition coefficient (Wildman–Crippen LogP) is 3.67. The highest BCUT2D eigenvalue weighted by molar-refractivity contribution is 5.31. The van der Waals surface area contributed by atoms with Gasteiger partial charge in [0.1, 0.15) is 0 Å². The first-order valence-electron chi connectivity index (χ1n) is 8.55. The van der Waals surface area contributed by atoms with Crippen LogP contribution >= 0.6 is 0 Å². The smallest absolute Gasteiger partial charge is 0.0467 e. The van der Waals surface area contributed by atoms with E-state index in [4.69, 9.17) is 5.73 Å². The summed E-state index contributed by atoms with van der Waals surface area (Å²) in [6.07, 6.45) is 5.91. The Labute approximate surface area is 129 Å². The Morgan fingerprint density at radius 1 is 1.14 bits per heavy atom. The van der Waals surface area contributed by atoms with Crippen LogP contribution in [0.5, 0.6) is 0 Å². The summed E-state index contributed by atoms with van der Waals surface area (Å²) < 4.78 is 0. The molecule has 21 heavy (non-hydrogen) atoms. The Morgan fingerprint density at radius 2 is 1.86 bits per heavy atom. The molecule has 0 saturated heterocycles. The molecule has 2 N–H and O–H groups in total. The van der Waals surface area contributed by atoms with Gasteiger partial charge in [0, 0.05) is 19.1 Å². The van der Waals surface area contributed by atoms with Gasteiger partial charge in [-0.25, -0.2) is 0 Å². The summed E-state index contributed by atoms with van der Waals surface area (Å²) in [4.78, 5) is 2.51. The molecule has 2 heteroatoms. The second-order valence-electron chi connectivity index (χ2n) is 7.55. The number of hydrogen-bond acceptors (Lipinski definition) is 2. The summed E-state index contributed by atoms with van der Waals surface area (Å²) in [5.41, 5.74) is 10.2. The summed E-state index contributed by atoms with van der Waals surface area (Å²) in [6.45, 7) is 6.29. The van der Waals surface area contributed by atoms with Gasteiger partial charge in [-0.3, -0.25) is 4.90 Å². The molecule has 1 aromatic carbocycles. The Bertz CT molecular complexity index is 476. The lowest BCUT2D eigenvalue weighted by Crippen LogP contribution is -2.35. The molecule has 116 valence electrons. The van der Waals surface area contributed by atoms with Crippen molar-refractivity contribution in [3.05, 3.63) is 34.9 Å². The molecule has 2 aliphatic rings. The monoisotopic (exact) mass is 286 g/mol. The van der Waals surface area contributed by atoms with Crippen molar-refractivity contribution in [1.29, 1.82) is 0 Å². The topological polar surface area (TPSA) is 29.3 Å². The first kappa shape index (κ1) is 15.1. The number of aryl methyl sites for hydroxylation is 2. The van der Waals surface area contributed by atoms with E-state index in [1.165, 1.54) is 48.9 Å². The molecule has 2 fully saturated rings. The first-order chi connectivity index (χ1) is 10.1. The average molecular weight is 286 g/mol. The van der Waals surface area contributed by atoms with E-state index < -0.39 is 0 Å². The number of hydrogen-bond donors (Lipinski definition) is 1. The van der Waals surface area contributed by atoms with Gasteiger partial charge in [-0.15, -0.1) is 0 Å². The van der Waals surface area contributed by atoms with Crippen molar-refractivity contribution < 1.29 is 0 Å². The summed E-state index contributed by atoms with van der Waals surface area (Å²) in [7, 11) is 2.27. The van der Waals surface area contributed by atoms with Crippen LogP contribution in [0.3, 0.4) is 0 Å². The predicted molar refractivity (Wildman–Crippen MR) is 89.3 cm³/mol. The fourth-order valence-corrected chi connectivity index (χ4v) is 4.87. The van der Waals surface area contributed by atoms with Crippen LogP contribution in [0.15, 0.2) is 18.2 Å². The van der Waals surface area contributed by atoms with Gasteiger partial charge in [0.25, 0.3) is 0 Å². The van der Waals surface area contributed by atoms with Crippen molar-refractivity contribution in [3.8, 4) is 0 Å². The zero-order valence-electron chi connectivity index (χ0n) is 13.8. The van der Waals surface area contributed by atoms with Gasteiger partial charge in [-0.1, -0.05) is 35.7 Å². The van der Waals surface area contributed by atoms with Crippen LogP contribution in [-0.2, 0) is 0 Å². The molecule has 0 heterocycles. The highest BCUT2D eigenvalue weighted by atomic mass is 15.1. The van der Waals surface area contributed by atoms with Crippen LogP contribution in [0.25, 0.3) is 0 Å². The third-order valence-corrected chi connectivity index (χ3v) is 5.79. The zero-order valence-corrected chi connectivity index (χ0v) is 13.8.